The second-order valence-electron chi connectivity index (χ2n) is 6.72. The molecule has 1 aromatic rings. The molecule has 0 spiro atoms. The maximum absolute atomic E-state index is 12.7. The third-order valence-electron chi connectivity index (χ3n) is 4.87. The number of rotatable bonds is 5. The predicted molar refractivity (Wildman–Crippen MR) is 104 cm³/mol. The first-order valence-corrected chi connectivity index (χ1v) is 9.42. The van der Waals surface area contributed by atoms with Gasteiger partial charge in [-0.2, -0.15) is 0 Å². The van der Waals surface area contributed by atoms with Gasteiger partial charge in [-0.25, -0.2) is 9.69 Å². The van der Waals surface area contributed by atoms with Crippen LogP contribution in [-0.4, -0.2) is 36.7 Å². The van der Waals surface area contributed by atoms with Crippen molar-refractivity contribution in [3.63, 3.8) is 0 Å². The Labute approximate surface area is 185 Å². The number of imide groups is 1. The molecule has 0 bridgehead atoms. The van der Waals surface area contributed by atoms with Crippen LogP contribution in [-0.2, 0) is 42.5 Å². The Morgan fingerprint density at radius 1 is 1.17 bits per heavy atom. The average Bonchev–Trinajstić information content (AvgIpc) is 2.96. The fraction of sp³-hybridized carbons (Fsp3) is 0.400. The number of oxime groups is 1. The molecule has 2 amide bonds. The molecule has 1 unspecified atom stereocenters. The number of carbonyl (C=O) groups is 3. The zero-order chi connectivity index (χ0) is 20.4. The largest absolute Gasteiger partial charge is 0.466 e. The van der Waals surface area contributed by atoms with Gasteiger partial charge in [0.2, 0.25) is 6.10 Å². The van der Waals surface area contributed by atoms with Gasteiger partial charge in [0.1, 0.15) is 0 Å². The number of carbonyl (C=O) groups excluding carboxylic acids is 3. The van der Waals surface area contributed by atoms with Crippen LogP contribution in [0.2, 0.25) is 5.02 Å². The first-order valence-electron chi connectivity index (χ1n) is 9.04. The maximum Gasteiger partial charge on any atom is 0.349 e. The molecule has 153 valence electrons. The summed E-state index contributed by atoms with van der Waals surface area (Å²) in [6.45, 7) is 3.17. The summed E-state index contributed by atoms with van der Waals surface area (Å²) in [5, 5.41) is 4.32. The van der Waals surface area contributed by atoms with Crippen LogP contribution in [0.15, 0.2) is 34.5 Å². The Hall–Kier alpha value is -2.09. The van der Waals surface area contributed by atoms with Crippen molar-refractivity contribution in [1.29, 1.82) is 0 Å². The molecule has 1 aliphatic heterocycles. The van der Waals surface area contributed by atoms with Gasteiger partial charge in [-0.1, -0.05) is 16.8 Å². The second-order valence-corrected chi connectivity index (χ2v) is 7.13. The van der Waals surface area contributed by atoms with Crippen molar-refractivity contribution in [2.75, 3.05) is 12.0 Å². The van der Waals surface area contributed by atoms with E-state index >= 15 is 0 Å². The minimum absolute atomic E-state index is 0. The van der Waals surface area contributed by atoms with E-state index in [4.69, 9.17) is 16.4 Å². The van der Waals surface area contributed by atoms with E-state index in [9.17, 15) is 14.4 Å². The van der Waals surface area contributed by atoms with E-state index in [2.05, 4.69) is 9.89 Å². The van der Waals surface area contributed by atoms with E-state index < -0.39 is 12.1 Å². The van der Waals surface area contributed by atoms with Gasteiger partial charge >= 0.3 is 5.97 Å². The molecule has 1 radical (unpaired) electrons. The normalized spacial score (nSPS) is 17.7. The van der Waals surface area contributed by atoms with Crippen molar-refractivity contribution < 1.29 is 42.5 Å². The van der Waals surface area contributed by atoms with E-state index in [0.29, 0.717) is 46.0 Å². The molecule has 1 heterocycles. The smallest absolute Gasteiger partial charge is 0.349 e. The number of esters is 1. The maximum atomic E-state index is 12.7. The van der Waals surface area contributed by atoms with Gasteiger partial charge in [-0.05, 0) is 57.7 Å². The van der Waals surface area contributed by atoms with Gasteiger partial charge < -0.3 is 9.57 Å². The molecule has 0 saturated heterocycles. The zero-order valence-corrected chi connectivity index (χ0v) is 18.6. The molecule has 3 rings (SSSR count). The molecular formula is C20H21ClN2O5V. The summed E-state index contributed by atoms with van der Waals surface area (Å²) in [7, 11) is 1.26. The van der Waals surface area contributed by atoms with E-state index in [1.54, 1.807) is 25.1 Å². The summed E-state index contributed by atoms with van der Waals surface area (Å²) >= 11 is 6.27. The first-order chi connectivity index (χ1) is 13.3. The number of hydrogen-bond donors (Lipinski definition) is 0. The van der Waals surface area contributed by atoms with Gasteiger partial charge in [0.15, 0.2) is 0 Å². The van der Waals surface area contributed by atoms with Gasteiger partial charge in [0.25, 0.3) is 11.8 Å². The van der Waals surface area contributed by atoms with Crippen molar-refractivity contribution >= 4 is 40.8 Å². The summed E-state index contributed by atoms with van der Waals surface area (Å²) in [6, 6.07) is 4.86. The molecule has 29 heavy (non-hydrogen) atoms. The van der Waals surface area contributed by atoms with Crippen LogP contribution in [0.1, 0.15) is 45.1 Å². The second kappa shape index (κ2) is 9.61. The van der Waals surface area contributed by atoms with Gasteiger partial charge in [0.05, 0.1) is 18.5 Å². The molecule has 2 aliphatic rings. The zero-order valence-electron chi connectivity index (χ0n) is 16.4. The van der Waals surface area contributed by atoms with E-state index in [1.165, 1.54) is 18.9 Å². The van der Waals surface area contributed by atoms with Gasteiger partial charge in [0, 0.05) is 40.3 Å². The molecule has 0 fully saturated rings. The number of hydrogen-bond acceptors (Lipinski definition) is 6. The van der Waals surface area contributed by atoms with Crippen LogP contribution in [0.25, 0.3) is 0 Å². The van der Waals surface area contributed by atoms with E-state index in [0.717, 1.165) is 12.8 Å². The van der Waals surface area contributed by atoms with E-state index in [1.807, 2.05) is 0 Å². The van der Waals surface area contributed by atoms with Crippen molar-refractivity contribution in [1.82, 2.24) is 0 Å². The number of methoxy groups -OCH3 is 1. The molecule has 1 aromatic carbocycles. The summed E-state index contributed by atoms with van der Waals surface area (Å²) in [4.78, 5) is 43.3. The molecule has 9 heteroatoms. The number of anilines is 1. The minimum atomic E-state index is -0.875. The fourth-order valence-corrected chi connectivity index (χ4v) is 3.57. The molecular weight excluding hydrogens is 435 g/mol. The quantitative estimate of drug-likeness (QED) is 0.294. The topological polar surface area (TPSA) is 85.3 Å². The summed E-state index contributed by atoms with van der Waals surface area (Å²) in [5.41, 5.74) is 2.57. The third kappa shape index (κ3) is 4.58. The summed E-state index contributed by atoms with van der Waals surface area (Å²) in [5.74, 6) is -1.09. The monoisotopic (exact) mass is 455 g/mol. The molecule has 1 atom stereocenters. The average molecular weight is 456 g/mol. The number of halogens is 1. The first kappa shape index (κ1) is 23.2. The number of amides is 2. The van der Waals surface area contributed by atoms with Crippen LogP contribution in [0, 0.1) is 0 Å². The number of ether oxygens (including phenoxy) is 1. The van der Waals surface area contributed by atoms with Gasteiger partial charge in [-0.15, -0.1) is 0 Å². The molecule has 0 saturated carbocycles. The van der Waals surface area contributed by atoms with Crippen molar-refractivity contribution in [3.05, 3.63) is 39.9 Å². The van der Waals surface area contributed by atoms with Crippen LogP contribution in [0.3, 0.4) is 0 Å². The Morgan fingerprint density at radius 3 is 2.31 bits per heavy atom. The number of nitrogens with zero attached hydrogens (tertiary/aromatic N) is 2. The van der Waals surface area contributed by atoms with Crippen molar-refractivity contribution in [2.45, 2.75) is 45.6 Å². The molecule has 7 nitrogen and oxygen atoms in total. The van der Waals surface area contributed by atoms with Crippen LogP contribution in [0.5, 0.6) is 0 Å². The van der Waals surface area contributed by atoms with E-state index in [-0.39, 0.29) is 30.4 Å². The Kier molecular flexibility index (Phi) is 7.69. The van der Waals surface area contributed by atoms with Crippen molar-refractivity contribution in [3.8, 4) is 0 Å². The van der Waals surface area contributed by atoms with Crippen LogP contribution in [0.4, 0.5) is 5.69 Å². The summed E-state index contributed by atoms with van der Waals surface area (Å²) in [6.07, 6.45) is 2.23. The number of benzene rings is 1. The Bertz CT molecular complexity index is 884. The fourth-order valence-electron chi connectivity index (χ4n) is 3.32. The van der Waals surface area contributed by atoms with Crippen molar-refractivity contribution in [2.24, 2.45) is 5.16 Å². The Balaban J connectivity index is 0.00000300. The van der Waals surface area contributed by atoms with Crippen LogP contribution >= 0.6 is 11.6 Å². The van der Waals surface area contributed by atoms with Gasteiger partial charge in [-0.3, -0.25) is 9.59 Å². The summed E-state index contributed by atoms with van der Waals surface area (Å²) < 4.78 is 4.58. The SMILES string of the molecule is COC(=O)C(C)O/N=C(\C)c1cc(N2C(=O)C3=C(CCCC3)C2=O)ccc1Cl.[V]. The molecule has 1 aliphatic carbocycles. The van der Waals surface area contributed by atoms with Crippen LogP contribution < -0.4 is 4.90 Å². The Morgan fingerprint density at radius 2 is 1.76 bits per heavy atom. The molecule has 0 aromatic heterocycles. The minimum Gasteiger partial charge on any atom is -0.466 e. The standard InChI is InChI=1S/C20H21ClN2O5.V/c1-11(22-28-12(2)20(26)27-3)16-10-13(8-9-17(16)21)23-18(24)14-6-4-5-7-15(14)19(23)25;/h8-10,12H,4-7H2,1-3H3;/b22-11+;. The predicted octanol–water partition coefficient (Wildman–Crippen LogP) is 3.38. The molecule has 0 N–H and O–H groups in total. The third-order valence-corrected chi connectivity index (χ3v) is 5.20.